The molecule has 14 heteroatoms. The molecule has 6 aromatic rings. The number of carbonyl (C=O) groups is 4. The minimum absolute atomic E-state index is 0.311. The Balaban J connectivity index is 0.968. The number of ether oxygens (including phenoxy) is 8. The fourth-order valence-corrected chi connectivity index (χ4v) is 12.5. The van der Waals surface area contributed by atoms with E-state index in [-0.39, 0.29) is 0 Å². The monoisotopic (exact) mass is 1070 g/mol. The van der Waals surface area contributed by atoms with Crippen LogP contribution in [-0.4, -0.2) is 51.0 Å². The molecule has 76 heavy (non-hydrogen) atoms. The Hall–Kier alpha value is -6.38. The van der Waals surface area contributed by atoms with Crippen molar-refractivity contribution < 1.29 is 57.1 Å². The van der Waals surface area contributed by atoms with E-state index in [9.17, 15) is 19.2 Å². The third kappa shape index (κ3) is 15.0. The van der Waals surface area contributed by atoms with Gasteiger partial charge in [-0.05, 0) is 109 Å². The Morgan fingerprint density at radius 1 is 0.395 bits per heavy atom. The van der Waals surface area contributed by atoms with E-state index in [0.717, 1.165) is 122 Å². The quantitative estimate of drug-likeness (QED) is 0.0246. The van der Waals surface area contributed by atoms with Crippen molar-refractivity contribution >= 4 is 101 Å². The van der Waals surface area contributed by atoms with Gasteiger partial charge in [0.25, 0.3) is 0 Å². The first kappa shape index (κ1) is 55.8. The third-order valence-corrected chi connectivity index (χ3v) is 16.4. The van der Waals surface area contributed by atoms with Gasteiger partial charge in [-0.2, -0.15) is 0 Å². The molecule has 0 saturated heterocycles. The van der Waals surface area contributed by atoms with Crippen molar-refractivity contribution in [2.24, 2.45) is 0 Å². The molecule has 4 aromatic carbocycles. The first-order valence-electron chi connectivity index (χ1n) is 27.5. The molecular formula is C62H72O12S2. The Morgan fingerprint density at radius 2 is 0.684 bits per heavy atom. The molecule has 8 rings (SSSR count). The Labute approximate surface area is 454 Å². The van der Waals surface area contributed by atoms with Crippen LogP contribution in [0, 0.1) is 0 Å². The third-order valence-electron chi connectivity index (χ3n) is 13.9. The van der Waals surface area contributed by atoms with E-state index in [1.54, 1.807) is 22.7 Å². The van der Waals surface area contributed by atoms with Crippen molar-refractivity contribution in [2.75, 3.05) is 26.4 Å². The minimum Gasteiger partial charge on any atom is -0.434 e. The molecule has 2 aliphatic carbocycles. The van der Waals surface area contributed by atoms with Crippen LogP contribution in [0.3, 0.4) is 0 Å². The Morgan fingerprint density at radius 3 is 1.00 bits per heavy atom. The van der Waals surface area contributed by atoms with Crippen molar-refractivity contribution in [3.8, 4) is 0 Å². The van der Waals surface area contributed by atoms with Gasteiger partial charge < -0.3 is 37.9 Å². The summed E-state index contributed by atoms with van der Waals surface area (Å²) in [6.45, 7) is 9.64. The topological polar surface area (TPSA) is 142 Å². The number of benzene rings is 4. The van der Waals surface area contributed by atoms with Crippen LogP contribution in [0.4, 0.5) is 19.2 Å². The maximum atomic E-state index is 12.8. The Bertz CT molecular complexity index is 2790. The van der Waals surface area contributed by atoms with Crippen molar-refractivity contribution in [1.29, 1.82) is 0 Å². The summed E-state index contributed by atoms with van der Waals surface area (Å²) in [5, 5.41) is 2.42. The summed E-state index contributed by atoms with van der Waals surface area (Å²) in [5.41, 5.74) is 7.11. The van der Waals surface area contributed by atoms with E-state index in [2.05, 4.69) is 88.4 Å². The normalized spacial score (nSPS) is 17.2. The van der Waals surface area contributed by atoms with E-state index in [0.29, 0.717) is 52.1 Å². The highest BCUT2D eigenvalue weighted by atomic mass is 32.1. The fourth-order valence-electron chi connectivity index (χ4n) is 9.77. The number of carbonyl (C=O) groups excluding carboxylic acids is 4. The Kier molecular flexibility index (Phi) is 20.7. The molecule has 0 fully saturated rings. The van der Waals surface area contributed by atoms with Gasteiger partial charge in [0, 0.05) is 31.3 Å². The summed E-state index contributed by atoms with van der Waals surface area (Å²) in [5.74, 6) is 0. The molecule has 404 valence electrons. The van der Waals surface area contributed by atoms with Crippen LogP contribution >= 0.6 is 22.7 Å². The van der Waals surface area contributed by atoms with Gasteiger partial charge in [0.15, 0.2) is 0 Å². The molecule has 0 amide bonds. The van der Waals surface area contributed by atoms with Crippen LogP contribution in [-0.2, 0) is 37.9 Å². The van der Waals surface area contributed by atoms with Gasteiger partial charge in [-0.3, -0.25) is 0 Å². The second kappa shape index (κ2) is 28.1. The van der Waals surface area contributed by atoms with E-state index in [1.165, 1.54) is 29.6 Å². The summed E-state index contributed by atoms with van der Waals surface area (Å²) < 4.78 is 49.8. The van der Waals surface area contributed by atoms with Crippen LogP contribution in [0.25, 0.3) is 53.9 Å². The van der Waals surface area contributed by atoms with Gasteiger partial charge >= 0.3 is 24.6 Å². The summed E-state index contributed by atoms with van der Waals surface area (Å²) in [6.07, 6.45) is 16.4. The molecule has 0 aliphatic heterocycles. The maximum Gasteiger partial charge on any atom is 0.508 e. The van der Waals surface area contributed by atoms with Crippen LogP contribution in [0.15, 0.2) is 72.8 Å². The van der Waals surface area contributed by atoms with E-state index in [4.69, 9.17) is 37.9 Å². The maximum absolute atomic E-state index is 12.8. The largest absolute Gasteiger partial charge is 0.508 e. The number of thiophene rings is 2. The highest BCUT2D eigenvalue weighted by molar-refractivity contribution is 7.36. The van der Waals surface area contributed by atoms with Crippen LogP contribution < -0.4 is 0 Å². The highest BCUT2D eigenvalue weighted by Crippen LogP contribution is 2.46. The van der Waals surface area contributed by atoms with Gasteiger partial charge in [-0.25, -0.2) is 19.2 Å². The second-order valence-electron chi connectivity index (χ2n) is 19.6. The molecule has 12 nitrogen and oxygen atoms in total. The standard InChI is InChI=1S/C62H72O12S2/c1-5-9-13-33-67-59(63)71-51-29-31-53(73-61(65)69-35-15-11-7-3)49-37-41(21-25-45(49)51)17-19-43-23-27-47-55(39-43)75-58-48-28-24-44(40-56(48)76-57(47)58)20-18-42-22-26-46-50(38-42)54(74-62(66)70-36-16-12-8-4)32-30-52(46)72-60(64)68-34-14-10-6-2/h17-28,37-40,51-54H,5-16,29-36H2,1-4H3. The molecular weight excluding hydrogens is 1000 g/mol. The van der Waals surface area contributed by atoms with Gasteiger partial charge in [-0.15, -0.1) is 22.7 Å². The predicted octanol–water partition coefficient (Wildman–Crippen LogP) is 18.7. The van der Waals surface area contributed by atoms with Crippen molar-refractivity contribution in [3.05, 3.63) is 117 Å². The summed E-state index contributed by atoms with van der Waals surface area (Å²) in [7, 11) is 0. The number of rotatable bonds is 24. The number of hydrogen-bond acceptors (Lipinski definition) is 14. The lowest BCUT2D eigenvalue weighted by Crippen LogP contribution is -2.23. The first-order valence-corrected chi connectivity index (χ1v) is 29.1. The number of hydrogen-bond donors (Lipinski definition) is 0. The zero-order valence-electron chi connectivity index (χ0n) is 44.4. The van der Waals surface area contributed by atoms with Gasteiger partial charge in [0.2, 0.25) is 0 Å². The smallest absolute Gasteiger partial charge is 0.434 e. The first-order chi connectivity index (χ1) is 37.1. The average Bonchev–Trinajstić information content (AvgIpc) is 4.03. The molecule has 2 aliphatic rings. The van der Waals surface area contributed by atoms with Crippen LogP contribution in [0.5, 0.6) is 0 Å². The lowest BCUT2D eigenvalue weighted by Gasteiger charge is -2.30. The van der Waals surface area contributed by atoms with Crippen molar-refractivity contribution in [3.63, 3.8) is 0 Å². The molecule has 2 heterocycles. The van der Waals surface area contributed by atoms with Gasteiger partial charge in [0.05, 0.1) is 35.8 Å². The van der Waals surface area contributed by atoms with Crippen molar-refractivity contribution in [2.45, 2.75) is 155 Å². The lowest BCUT2D eigenvalue weighted by atomic mass is 9.86. The van der Waals surface area contributed by atoms with Crippen molar-refractivity contribution in [1.82, 2.24) is 0 Å². The molecule has 0 spiro atoms. The van der Waals surface area contributed by atoms with Crippen LogP contribution in [0.1, 0.15) is 199 Å². The van der Waals surface area contributed by atoms with Crippen LogP contribution in [0.2, 0.25) is 0 Å². The summed E-state index contributed by atoms with van der Waals surface area (Å²) >= 11 is 3.58. The van der Waals surface area contributed by atoms with E-state index >= 15 is 0 Å². The highest BCUT2D eigenvalue weighted by Gasteiger charge is 2.34. The van der Waals surface area contributed by atoms with E-state index < -0.39 is 49.0 Å². The average molecular weight is 1070 g/mol. The predicted molar refractivity (Wildman–Crippen MR) is 303 cm³/mol. The molecule has 0 bridgehead atoms. The zero-order chi connectivity index (χ0) is 53.2. The summed E-state index contributed by atoms with van der Waals surface area (Å²) in [6, 6.07) is 25.0. The molecule has 2 aromatic heterocycles. The zero-order valence-corrected chi connectivity index (χ0v) is 46.0. The molecule has 4 atom stereocenters. The number of fused-ring (bicyclic) bond motifs is 7. The van der Waals surface area contributed by atoms with Gasteiger partial charge in [0.1, 0.15) is 24.4 Å². The molecule has 0 radical (unpaired) electrons. The SMILES string of the molecule is CCCCCOC(=O)OC1CCC(OC(=O)OCCCCC)c2cc(C=Cc3ccc4c(c3)sc3c5ccc(C=Cc6ccc7c(c6)C(OC(=O)OCCCCC)CCC7OC(=O)OCCCCC)cc5sc43)ccc21. The second-order valence-corrected chi connectivity index (χ2v) is 21.7. The molecule has 4 unspecified atom stereocenters. The van der Waals surface area contributed by atoms with E-state index in [1.807, 2.05) is 36.4 Å². The summed E-state index contributed by atoms with van der Waals surface area (Å²) in [4.78, 5) is 50.9. The molecule has 0 N–H and O–H groups in total. The fraction of sp³-hybridized carbons (Fsp3) is 0.452. The minimum atomic E-state index is -0.694. The lowest BCUT2D eigenvalue weighted by molar-refractivity contribution is -0.0114. The number of unbranched alkanes of at least 4 members (excludes halogenated alkanes) is 8. The molecule has 0 saturated carbocycles. The van der Waals surface area contributed by atoms with Gasteiger partial charge in [-0.1, -0.05) is 152 Å².